The van der Waals surface area contributed by atoms with Crippen LogP contribution >= 0.6 is 0 Å². The van der Waals surface area contributed by atoms with Crippen molar-refractivity contribution in [3.8, 4) is 0 Å². The number of amides is 1. The molecule has 1 aromatic heterocycles. The summed E-state index contributed by atoms with van der Waals surface area (Å²) in [5.74, 6) is 1.64. The molecule has 1 N–H and O–H groups in total. The van der Waals surface area contributed by atoms with E-state index in [2.05, 4.69) is 21.5 Å². The Hall–Kier alpha value is -2.17. The fourth-order valence-corrected chi connectivity index (χ4v) is 2.86. The van der Waals surface area contributed by atoms with Gasteiger partial charge in [0.2, 0.25) is 5.89 Å². The monoisotopic (exact) mass is 313 g/mol. The van der Waals surface area contributed by atoms with Gasteiger partial charge in [-0.1, -0.05) is 25.1 Å². The lowest BCUT2D eigenvalue weighted by molar-refractivity contribution is 0.0953. The van der Waals surface area contributed by atoms with Crippen molar-refractivity contribution in [2.45, 2.75) is 51.9 Å². The van der Waals surface area contributed by atoms with Crippen molar-refractivity contribution in [2.24, 2.45) is 0 Å². The van der Waals surface area contributed by atoms with Crippen LogP contribution in [0.4, 0.5) is 0 Å². The molecule has 0 spiro atoms. The predicted molar refractivity (Wildman–Crippen MR) is 87.5 cm³/mol. The van der Waals surface area contributed by atoms with Gasteiger partial charge in [0.1, 0.15) is 0 Å². The Bertz CT molecular complexity index is 691. The SMILES string of the molecule is CC(C)c1noc(CCCNC(=O)c2ccc3c(c2)CCC3)n1. The molecule has 1 aromatic carbocycles. The summed E-state index contributed by atoms with van der Waals surface area (Å²) in [6.45, 7) is 4.67. The summed E-state index contributed by atoms with van der Waals surface area (Å²) in [4.78, 5) is 16.5. The van der Waals surface area contributed by atoms with Crippen LogP contribution in [0, 0.1) is 0 Å². The van der Waals surface area contributed by atoms with Gasteiger partial charge in [-0.2, -0.15) is 4.98 Å². The van der Waals surface area contributed by atoms with Crippen molar-refractivity contribution >= 4 is 5.91 Å². The quantitative estimate of drug-likeness (QED) is 0.832. The van der Waals surface area contributed by atoms with E-state index < -0.39 is 0 Å². The first kappa shape index (κ1) is 15.7. The number of fused-ring (bicyclic) bond motifs is 1. The first-order chi connectivity index (χ1) is 11.1. The lowest BCUT2D eigenvalue weighted by atomic mass is 10.1. The first-order valence-electron chi connectivity index (χ1n) is 8.36. The molecule has 0 saturated carbocycles. The first-order valence-corrected chi connectivity index (χ1v) is 8.36. The highest BCUT2D eigenvalue weighted by molar-refractivity contribution is 5.94. The van der Waals surface area contributed by atoms with Crippen LogP contribution in [0.15, 0.2) is 22.7 Å². The summed E-state index contributed by atoms with van der Waals surface area (Å²) in [6, 6.07) is 6.04. The van der Waals surface area contributed by atoms with Gasteiger partial charge in [-0.3, -0.25) is 4.79 Å². The Labute approximate surface area is 136 Å². The van der Waals surface area contributed by atoms with Crippen LogP contribution in [0.3, 0.4) is 0 Å². The second-order valence-corrected chi connectivity index (χ2v) is 6.40. The largest absolute Gasteiger partial charge is 0.352 e. The number of aryl methyl sites for hydroxylation is 3. The molecule has 0 aliphatic heterocycles. The van der Waals surface area contributed by atoms with Crippen molar-refractivity contribution in [3.05, 3.63) is 46.6 Å². The van der Waals surface area contributed by atoms with Crippen LogP contribution in [0.25, 0.3) is 0 Å². The van der Waals surface area contributed by atoms with Crippen molar-refractivity contribution in [1.29, 1.82) is 0 Å². The molecule has 0 unspecified atom stereocenters. The summed E-state index contributed by atoms with van der Waals surface area (Å²) in [6.07, 6.45) is 4.90. The third-order valence-electron chi connectivity index (χ3n) is 4.21. The maximum Gasteiger partial charge on any atom is 0.251 e. The van der Waals surface area contributed by atoms with Crippen LogP contribution in [-0.4, -0.2) is 22.6 Å². The van der Waals surface area contributed by atoms with E-state index in [9.17, 15) is 4.79 Å². The molecule has 122 valence electrons. The molecular weight excluding hydrogens is 290 g/mol. The number of carbonyl (C=O) groups is 1. The number of rotatable bonds is 6. The zero-order valence-electron chi connectivity index (χ0n) is 13.8. The molecular formula is C18H23N3O2. The van der Waals surface area contributed by atoms with Crippen molar-refractivity contribution < 1.29 is 9.32 Å². The summed E-state index contributed by atoms with van der Waals surface area (Å²) in [7, 11) is 0. The van der Waals surface area contributed by atoms with Crippen molar-refractivity contribution in [2.75, 3.05) is 6.54 Å². The highest BCUT2D eigenvalue weighted by Gasteiger charge is 2.14. The number of aromatic nitrogens is 2. The fraction of sp³-hybridized carbons (Fsp3) is 0.500. The molecule has 1 amide bonds. The second-order valence-electron chi connectivity index (χ2n) is 6.40. The summed E-state index contributed by atoms with van der Waals surface area (Å²) in [5.41, 5.74) is 3.47. The van der Waals surface area contributed by atoms with E-state index in [0.717, 1.165) is 30.7 Å². The number of nitrogens with one attached hydrogen (secondary N) is 1. The van der Waals surface area contributed by atoms with Crippen LogP contribution in [-0.2, 0) is 19.3 Å². The number of carbonyl (C=O) groups excluding carboxylic acids is 1. The van der Waals surface area contributed by atoms with Crippen LogP contribution in [0.1, 0.15) is 65.8 Å². The number of hydrogen-bond acceptors (Lipinski definition) is 4. The van der Waals surface area contributed by atoms with E-state index in [1.54, 1.807) is 0 Å². The van der Waals surface area contributed by atoms with E-state index in [1.807, 2.05) is 26.0 Å². The summed E-state index contributed by atoms with van der Waals surface area (Å²) < 4.78 is 5.19. The Morgan fingerprint density at radius 2 is 2.13 bits per heavy atom. The maximum atomic E-state index is 12.2. The number of nitrogens with zero attached hydrogens (tertiary/aromatic N) is 2. The third-order valence-corrected chi connectivity index (χ3v) is 4.21. The summed E-state index contributed by atoms with van der Waals surface area (Å²) >= 11 is 0. The second kappa shape index (κ2) is 6.94. The molecule has 0 bridgehead atoms. The lowest BCUT2D eigenvalue weighted by Gasteiger charge is -2.06. The molecule has 23 heavy (non-hydrogen) atoms. The van der Waals surface area contributed by atoms with Crippen molar-refractivity contribution in [3.63, 3.8) is 0 Å². The minimum absolute atomic E-state index is 0.00639. The molecule has 1 aliphatic rings. The van der Waals surface area contributed by atoms with E-state index in [4.69, 9.17) is 4.52 Å². The molecule has 2 aromatic rings. The Kier molecular flexibility index (Phi) is 4.74. The molecule has 0 atom stereocenters. The van der Waals surface area contributed by atoms with Gasteiger partial charge in [-0.25, -0.2) is 0 Å². The predicted octanol–water partition coefficient (Wildman–Crippen LogP) is 3.04. The standard InChI is InChI=1S/C18H23N3O2/c1-12(2)17-20-16(23-21-17)7-4-10-19-18(22)15-9-8-13-5-3-6-14(13)11-15/h8-9,11-12H,3-7,10H2,1-2H3,(H,19,22). The fourth-order valence-electron chi connectivity index (χ4n) is 2.86. The zero-order chi connectivity index (χ0) is 16.2. The molecule has 5 nitrogen and oxygen atoms in total. The van der Waals surface area contributed by atoms with Gasteiger partial charge in [0.15, 0.2) is 5.82 Å². The van der Waals surface area contributed by atoms with Gasteiger partial charge < -0.3 is 9.84 Å². The maximum absolute atomic E-state index is 12.2. The Balaban J connectivity index is 1.45. The van der Waals surface area contributed by atoms with Gasteiger partial charge >= 0.3 is 0 Å². The molecule has 0 radical (unpaired) electrons. The highest BCUT2D eigenvalue weighted by Crippen LogP contribution is 2.22. The van der Waals surface area contributed by atoms with Crippen molar-refractivity contribution in [1.82, 2.24) is 15.5 Å². The van der Waals surface area contributed by atoms with E-state index >= 15 is 0 Å². The molecule has 0 fully saturated rings. The average molecular weight is 313 g/mol. The number of benzene rings is 1. The normalized spacial score (nSPS) is 13.3. The topological polar surface area (TPSA) is 68.0 Å². The molecule has 0 saturated heterocycles. The molecule has 1 aliphatic carbocycles. The Morgan fingerprint density at radius 3 is 2.91 bits per heavy atom. The van der Waals surface area contributed by atoms with Gasteiger partial charge in [-0.05, 0) is 48.9 Å². The van der Waals surface area contributed by atoms with Gasteiger partial charge in [0, 0.05) is 24.4 Å². The van der Waals surface area contributed by atoms with Gasteiger partial charge in [0.25, 0.3) is 5.91 Å². The van der Waals surface area contributed by atoms with Crippen LogP contribution in [0.5, 0.6) is 0 Å². The van der Waals surface area contributed by atoms with Gasteiger partial charge in [-0.15, -0.1) is 0 Å². The molecule has 1 heterocycles. The van der Waals surface area contributed by atoms with E-state index in [0.29, 0.717) is 18.9 Å². The lowest BCUT2D eigenvalue weighted by Crippen LogP contribution is -2.24. The van der Waals surface area contributed by atoms with Gasteiger partial charge in [0.05, 0.1) is 0 Å². The minimum Gasteiger partial charge on any atom is -0.352 e. The highest BCUT2D eigenvalue weighted by atomic mass is 16.5. The van der Waals surface area contributed by atoms with Crippen LogP contribution in [0.2, 0.25) is 0 Å². The minimum atomic E-state index is -0.00639. The zero-order valence-corrected chi connectivity index (χ0v) is 13.8. The smallest absolute Gasteiger partial charge is 0.251 e. The average Bonchev–Trinajstić information content (AvgIpc) is 3.19. The number of hydrogen-bond donors (Lipinski definition) is 1. The molecule has 3 rings (SSSR count). The van der Waals surface area contributed by atoms with Crippen LogP contribution < -0.4 is 5.32 Å². The van der Waals surface area contributed by atoms with E-state index in [-0.39, 0.29) is 11.8 Å². The third kappa shape index (κ3) is 3.78. The van der Waals surface area contributed by atoms with E-state index in [1.165, 1.54) is 17.5 Å². The Morgan fingerprint density at radius 1 is 1.30 bits per heavy atom. The summed E-state index contributed by atoms with van der Waals surface area (Å²) in [5, 5.41) is 6.90. The molecule has 5 heteroatoms.